The standard InChI is InChI=1S/C18H20N4OS/c23-17(21-13-12-20-16-8-3-4-11-19-16)9-5-10-18-22-14-6-1-2-7-15(14)24-18/h1-4,6-8,11H,5,9-10,12-13H2,(H,19,20)(H,21,23). The highest BCUT2D eigenvalue weighted by molar-refractivity contribution is 7.18. The number of aromatic nitrogens is 2. The second kappa shape index (κ2) is 8.40. The number of benzene rings is 1. The van der Waals surface area contributed by atoms with E-state index in [9.17, 15) is 4.79 Å². The molecule has 6 heteroatoms. The van der Waals surface area contributed by atoms with Crippen LogP contribution in [0.25, 0.3) is 10.2 Å². The molecule has 0 saturated heterocycles. The molecular weight excluding hydrogens is 320 g/mol. The molecule has 0 spiro atoms. The van der Waals surface area contributed by atoms with Crippen molar-refractivity contribution in [3.8, 4) is 0 Å². The van der Waals surface area contributed by atoms with E-state index in [4.69, 9.17) is 0 Å². The van der Waals surface area contributed by atoms with Gasteiger partial charge in [-0.05, 0) is 37.1 Å². The predicted molar refractivity (Wildman–Crippen MR) is 98.3 cm³/mol. The van der Waals surface area contributed by atoms with Crippen molar-refractivity contribution in [2.75, 3.05) is 18.4 Å². The number of thiazole rings is 1. The molecule has 2 aromatic heterocycles. The summed E-state index contributed by atoms with van der Waals surface area (Å²) in [6.45, 7) is 1.26. The van der Waals surface area contributed by atoms with Crippen molar-refractivity contribution in [3.63, 3.8) is 0 Å². The van der Waals surface area contributed by atoms with E-state index < -0.39 is 0 Å². The second-order valence-electron chi connectivity index (χ2n) is 5.42. The van der Waals surface area contributed by atoms with Crippen LogP contribution in [-0.4, -0.2) is 29.0 Å². The molecule has 2 N–H and O–H groups in total. The lowest BCUT2D eigenvalue weighted by atomic mass is 10.2. The number of pyridine rings is 1. The molecule has 124 valence electrons. The molecule has 0 unspecified atom stereocenters. The van der Waals surface area contributed by atoms with Crippen molar-refractivity contribution in [2.24, 2.45) is 0 Å². The molecule has 3 rings (SSSR count). The normalized spacial score (nSPS) is 10.7. The van der Waals surface area contributed by atoms with Crippen molar-refractivity contribution in [1.29, 1.82) is 0 Å². The van der Waals surface area contributed by atoms with Crippen LogP contribution < -0.4 is 10.6 Å². The second-order valence-corrected chi connectivity index (χ2v) is 6.54. The number of rotatable bonds is 8. The monoisotopic (exact) mass is 340 g/mol. The Morgan fingerprint density at radius 2 is 1.96 bits per heavy atom. The highest BCUT2D eigenvalue weighted by atomic mass is 32.1. The summed E-state index contributed by atoms with van der Waals surface area (Å²) in [4.78, 5) is 20.6. The van der Waals surface area contributed by atoms with E-state index >= 15 is 0 Å². The first-order valence-electron chi connectivity index (χ1n) is 8.07. The van der Waals surface area contributed by atoms with Crippen LogP contribution in [0.3, 0.4) is 0 Å². The first-order chi connectivity index (χ1) is 11.8. The molecule has 1 aromatic carbocycles. The largest absolute Gasteiger partial charge is 0.368 e. The van der Waals surface area contributed by atoms with Gasteiger partial charge in [0.2, 0.25) is 5.91 Å². The fourth-order valence-corrected chi connectivity index (χ4v) is 3.38. The molecule has 5 nitrogen and oxygen atoms in total. The number of nitrogens with zero attached hydrogens (tertiary/aromatic N) is 2. The summed E-state index contributed by atoms with van der Waals surface area (Å²) in [5, 5.41) is 7.18. The number of aryl methyl sites for hydroxylation is 1. The van der Waals surface area contributed by atoms with Crippen molar-refractivity contribution in [3.05, 3.63) is 53.7 Å². The van der Waals surface area contributed by atoms with E-state index in [1.54, 1.807) is 17.5 Å². The summed E-state index contributed by atoms with van der Waals surface area (Å²) in [6, 6.07) is 13.8. The smallest absolute Gasteiger partial charge is 0.220 e. The number of amides is 1. The Hall–Kier alpha value is -2.47. The van der Waals surface area contributed by atoms with E-state index in [-0.39, 0.29) is 5.91 Å². The molecule has 0 radical (unpaired) electrons. The van der Waals surface area contributed by atoms with E-state index in [0.717, 1.165) is 29.2 Å². The summed E-state index contributed by atoms with van der Waals surface area (Å²) in [6.07, 6.45) is 3.93. The van der Waals surface area contributed by atoms with Gasteiger partial charge in [-0.25, -0.2) is 9.97 Å². The maximum Gasteiger partial charge on any atom is 0.220 e. The van der Waals surface area contributed by atoms with Gasteiger partial charge in [0.25, 0.3) is 0 Å². The lowest BCUT2D eigenvalue weighted by Crippen LogP contribution is -2.28. The van der Waals surface area contributed by atoms with E-state index in [1.165, 1.54) is 4.70 Å². The quantitative estimate of drug-likeness (QED) is 0.618. The van der Waals surface area contributed by atoms with Gasteiger partial charge in [0.15, 0.2) is 0 Å². The van der Waals surface area contributed by atoms with Gasteiger partial charge in [0.1, 0.15) is 5.82 Å². The molecule has 24 heavy (non-hydrogen) atoms. The van der Waals surface area contributed by atoms with Crippen molar-refractivity contribution < 1.29 is 4.79 Å². The van der Waals surface area contributed by atoms with Gasteiger partial charge in [-0.2, -0.15) is 0 Å². The molecule has 2 heterocycles. The van der Waals surface area contributed by atoms with Crippen LogP contribution in [0.1, 0.15) is 17.8 Å². The summed E-state index contributed by atoms with van der Waals surface area (Å²) in [5.41, 5.74) is 1.04. The Kier molecular flexibility index (Phi) is 5.74. The van der Waals surface area contributed by atoms with Crippen LogP contribution >= 0.6 is 11.3 Å². The maximum atomic E-state index is 11.8. The third kappa shape index (κ3) is 4.76. The first kappa shape index (κ1) is 16.4. The van der Waals surface area contributed by atoms with E-state index in [2.05, 4.69) is 26.7 Å². The third-order valence-corrected chi connectivity index (χ3v) is 4.65. The molecule has 0 aliphatic heterocycles. The number of hydrogen-bond acceptors (Lipinski definition) is 5. The zero-order valence-electron chi connectivity index (χ0n) is 13.4. The van der Waals surface area contributed by atoms with Gasteiger partial charge in [0, 0.05) is 25.7 Å². The van der Waals surface area contributed by atoms with E-state index in [0.29, 0.717) is 19.5 Å². The topological polar surface area (TPSA) is 66.9 Å². The molecule has 1 amide bonds. The van der Waals surface area contributed by atoms with Crippen LogP contribution in [0, 0.1) is 0 Å². The Labute approximate surface area is 145 Å². The summed E-state index contributed by atoms with van der Waals surface area (Å²) >= 11 is 1.71. The average molecular weight is 340 g/mol. The Balaban J connectivity index is 1.32. The number of fused-ring (bicyclic) bond motifs is 1. The molecular formula is C18H20N4OS. The van der Waals surface area contributed by atoms with Crippen LogP contribution in [0.4, 0.5) is 5.82 Å². The molecule has 3 aromatic rings. The van der Waals surface area contributed by atoms with Gasteiger partial charge >= 0.3 is 0 Å². The van der Waals surface area contributed by atoms with Gasteiger partial charge < -0.3 is 10.6 Å². The highest BCUT2D eigenvalue weighted by Gasteiger charge is 2.05. The summed E-state index contributed by atoms with van der Waals surface area (Å²) < 4.78 is 1.21. The van der Waals surface area contributed by atoms with Crippen molar-refractivity contribution >= 4 is 33.3 Å². The molecule has 0 fully saturated rings. The lowest BCUT2D eigenvalue weighted by Gasteiger charge is -2.07. The number of hydrogen-bond donors (Lipinski definition) is 2. The minimum atomic E-state index is 0.0823. The minimum absolute atomic E-state index is 0.0823. The molecule has 0 aliphatic rings. The minimum Gasteiger partial charge on any atom is -0.368 e. The molecule has 0 saturated carbocycles. The number of carbonyl (C=O) groups excluding carboxylic acids is 1. The van der Waals surface area contributed by atoms with Gasteiger partial charge in [-0.3, -0.25) is 4.79 Å². The maximum absolute atomic E-state index is 11.8. The van der Waals surface area contributed by atoms with Crippen molar-refractivity contribution in [1.82, 2.24) is 15.3 Å². The Morgan fingerprint density at radius 3 is 2.79 bits per heavy atom. The predicted octanol–water partition coefficient (Wildman–Crippen LogP) is 3.24. The SMILES string of the molecule is O=C(CCCc1nc2ccccc2s1)NCCNc1ccccn1. The van der Waals surface area contributed by atoms with Gasteiger partial charge in [-0.15, -0.1) is 11.3 Å². The lowest BCUT2D eigenvalue weighted by molar-refractivity contribution is -0.121. The Bertz CT molecular complexity index is 755. The third-order valence-electron chi connectivity index (χ3n) is 3.55. The van der Waals surface area contributed by atoms with Crippen LogP contribution in [0.15, 0.2) is 48.7 Å². The summed E-state index contributed by atoms with van der Waals surface area (Å²) in [5.74, 6) is 0.904. The molecule has 0 aliphatic carbocycles. The van der Waals surface area contributed by atoms with Crippen LogP contribution in [0.5, 0.6) is 0 Å². The number of carbonyl (C=O) groups is 1. The highest BCUT2D eigenvalue weighted by Crippen LogP contribution is 2.22. The zero-order valence-corrected chi connectivity index (χ0v) is 14.2. The average Bonchev–Trinajstić information content (AvgIpc) is 3.02. The first-order valence-corrected chi connectivity index (χ1v) is 8.89. The number of nitrogens with one attached hydrogen (secondary N) is 2. The van der Waals surface area contributed by atoms with Gasteiger partial charge in [0.05, 0.1) is 15.2 Å². The van der Waals surface area contributed by atoms with E-state index in [1.807, 2.05) is 36.4 Å². The van der Waals surface area contributed by atoms with Gasteiger partial charge in [-0.1, -0.05) is 18.2 Å². The Morgan fingerprint density at radius 1 is 1.08 bits per heavy atom. The zero-order chi connectivity index (χ0) is 16.6. The number of anilines is 1. The van der Waals surface area contributed by atoms with Crippen LogP contribution in [-0.2, 0) is 11.2 Å². The molecule has 0 bridgehead atoms. The fourth-order valence-electron chi connectivity index (χ4n) is 2.38. The molecule has 0 atom stereocenters. The van der Waals surface area contributed by atoms with Crippen LogP contribution in [0.2, 0.25) is 0 Å². The summed E-state index contributed by atoms with van der Waals surface area (Å²) in [7, 11) is 0. The number of para-hydroxylation sites is 1. The fraction of sp³-hybridized carbons (Fsp3) is 0.278. The van der Waals surface area contributed by atoms with Crippen molar-refractivity contribution in [2.45, 2.75) is 19.3 Å².